The fourth-order valence-corrected chi connectivity index (χ4v) is 5.57. The third-order valence-electron chi connectivity index (χ3n) is 5.65. The van der Waals surface area contributed by atoms with E-state index in [0.717, 1.165) is 16.4 Å². The van der Waals surface area contributed by atoms with Gasteiger partial charge in [-0.2, -0.15) is 5.10 Å². The maximum atomic E-state index is 4.85. The smallest absolute Gasteiger partial charge is 0.206 e. The van der Waals surface area contributed by atoms with E-state index in [-0.39, 0.29) is 0 Å². The summed E-state index contributed by atoms with van der Waals surface area (Å²) in [6, 6.07) is 4.21. The van der Waals surface area contributed by atoms with Crippen LogP contribution < -0.4 is 4.80 Å². The predicted octanol–water partition coefficient (Wildman–Crippen LogP) is 5.19. The molecule has 1 fully saturated rings. The van der Waals surface area contributed by atoms with E-state index in [1.807, 2.05) is 10.8 Å². The lowest BCUT2D eigenvalue weighted by Crippen LogP contribution is -2.48. The summed E-state index contributed by atoms with van der Waals surface area (Å²) in [5, 5.41) is 9.09. The second-order valence-corrected chi connectivity index (χ2v) is 9.10. The van der Waals surface area contributed by atoms with Crippen molar-refractivity contribution in [3.8, 4) is 10.6 Å². The molecule has 2 aromatic heterocycles. The molecule has 2 aromatic rings. The van der Waals surface area contributed by atoms with Crippen molar-refractivity contribution in [3.63, 3.8) is 0 Å². The van der Waals surface area contributed by atoms with Gasteiger partial charge < -0.3 is 0 Å². The second kappa shape index (κ2) is 6.54. The molecule has 2 heterocycles. The number of allylic oxidation sites excluding steroid dienone is 2. The molecule has 25 heavy (non-hydrogen) atoms. The van der Waals surface area contributed by atoms with Crippen LogP contribution in [-0.2, 0) is 0 Å². The van der Waals surface area contributed by atoms with Crippen molar-refractivity contribution >= 4 is 28.9 Å². The van der Waals surface area contributed by atoms with Gasteiger partial charge in [0.25, 0.3) is 0 Å². The van der Waals surface area contributed by atoms with Gasteiger partial charge >= 0.3 is 0 Å². The van der Waals surface area contributed by atoms with E-state index in [4.69, 9.17) is 5.10 Å². The topological polar surface area (TPSA) is 29.6 Å². The average Bonchev–Trinajstić information content (AvgIpc) is 3.27. The minimum absolute atomic E-state index is 0.419. The first-order valence-corrected chi connectivity index (χ1v) is 10.5. The molecule has 3 nitrogen and oxygen atoms in total. The SMILES string of the molecule is C=CCN=c1scc(-c2cccs2)n1N=CC1=CCC2CC1C2(C)C. The molecule has 0 amide bonds. The molecule has 3 aliphatic rings. The molecule has 0 aliphatic heterocycles. The lowest BCUT2D eigenvalue weighted by atomic mass is 9.49. The normalized spacial score (nSPS) is 25.0. The molecule has 2 unspecified atom stereocenters. The summed E-state index contributed by atoms with van der Waals surface area (Å²) in [6.07, 6.45) is 8.76. The zero-order valence-electron chi connectivity index (χ0n) is 14.7. The molecule has 0 saturated heterocycles. The van der Waals surface area contributed by atoms with E-state index in [1.165, 1.54) is 23.3 Å². The molecule has 2 atom stereocenters. The van der Waals surface area contributed by atoms with Gasteiger partial charge in [0.1, 0.15) is 0 Å². The highest BCUT2D eigenvalue weighted by Crippen LogP contribution is 2.58. The minimum Gasteiger partial charge on any atom is -0.253 e. The maximum Gasteiger partial charge on any atom is 0.206 e. The average molecular weight is 370 g/mol. The second-order valence-electron chi connectivity index (χ2n) is 7.31. The van der Waals surface area contributed by atoms with E-state index in [1.54, 1.807) is 22.7 Å². The summed E-state index contributed by atoms with van der Waals surface area (Å²) in [7, 11) is 0. The molecular weight excluding hydrogens is 346 g/mol. The molecular formula is C20H23N3S2. The first-order valence-electron chi connectivity index (χ1n) is 8.71. The van der Waals surface area contributed by atoms with Crippen molar-refractivity contribution in [2.24, 2.45) is 27.3 Å². The van der Waals surface area contributed by atoms with Crippen molar-refractivity contribution in [2.75, 3.05) is 6.54 Å². The van der Waals surface area contributed by atoms with Gasteiger partial charge in [-0.15, -0.1) is 29.3 Å². The summed E-state index contributed by atoms with van der Waals surface area (Å²) < 4.78 is 1.98. The van der Waals surface area contributed by atoms with Gasteiger partial charge in [-0.3, -0.25) is 4.99 Å². The highest BCUT2D eigenvalue weighted by Gasteiger charge is 2.50. The third kappa shape index (κ3) is 2.89. The van der Waals surface area contributed by atoms with Crippen LogP contribution in [0.5, 0.6) is 0 Å². The Morgan fingerprint density at radius 2 is 2.28 bits per heavy atom. The molecule has 0 radical (unpaired) electrons. The Labute approximate surface area is 156 Å². The zero-order chi connectivity index (χ0) is 17.4. The van der Waals surface area contributed by atoms with E-state index >= 15 is 0 Å². The molecule has 5 rings (SSSR count). The minimum atomic E-state index is 0.419. The van der Waals surface area contributed by atoms with E-state index in [9.17, 15) is 0 Å². The summed E-state index contributed by atoms with van der Waals surface area (Å²) in [4.78, 5) is 6.75. The number of fused-ring (bicyclic) bond motifs is 1. The Hall–Kier alpha value is -1.72. The van der Waals surface area contributed by atoms with Crippen molar-refractivity contribution in [3.05, 3.63) is 52.0 Å². The van der Waals surface area contributed by atoms with Gasteiger partial charge in [0.15, 0.2) is 0 Å². The summed E-state index contributed by atoms with van der Waals surface area (Å²) in [6.45, 7) is 9.17. The lowest BCUT2D eigenvalue weighted by Gasteiger charge is -2.55. The van der Waals surface area contributed by atoms with Crippen molar-refractivity contribution in [1.29, 1.82) is 0 Å². The first-order chi connectivity index (χ1) is 12.1. The summed E-state index contributed by atoms with van der Waals surface area (Å²) in [5.41, 5.74) is 2.92. The Morgan fingerprint density at radius 3 is 2.96 bits per heavy atom. The zero-order valence-corrected chi connectivity index (χ0v) is 16.3. The predicted molar refractivity (Wildman–Crippen MR) is 108 cm³/mol. The van der Waals surface area contributed by atoms with Gasteiger partial charge in [-0.05, 0) is 47.1 Å². The highest BCUT2D eigenvalue weighted by atomic mass is 32.1. The molecule has 0 N–H and O–H groups in total. The van der Waals surface area contributed by atoms with Crippen LogP contribution >= 0.6 is 22.7 Å². The molecule has 2 bridgehead atoms. The van der Waals surface area contributed by atoms with Crippen LogP contribution in [-0.4, -0.2) is 17.4 Å². The Morgan fingerprint density at radius 1 is 1.40 bits per heavy atom. The molecule has 0 aromatic carbocycles. The Balaban J connectivity index is 1.71. The quantitative estimate of drug-likeness (QED) is 0.513. The Bertz CT molecular complexity index is 894. The largest absolute Gasteiger partial charge is 0.253 e. The van der Waals surface area contributed by atoms with Crippen LogP contribution in [0.3, 0.4) is 0 Å². The number of thiazole rings is 1. The molecule has 130 valence electrons. The number of nitrogens with zero attached hydrogens (tertiary/aromatic N) is 3. The van der Waals surface area contributed by atoms with Gasteiger partial charge in [-0.25, -0.2) is 4.68 Å². The highest BCUT2D eigenvalue weighted by molar-refractivity contribution is 7.14. The maximum absolute atomic E-state index is 4.85. The third-order valence-corrected chi connectivity index (χ3v) is 7.39. The Kier molecular flexibility index (Phi) is 4.38. The van der Waals surface area contributed by atoms with Gasteiger partial charge in [0, 0.05) is 5.38 Å². The van der Waals surface area contributed by atoms with Gasteiger partial charge in [0.2, 0.25) is 4.80 Å². The number of thiophene rings is 1. The number of rotatable bonds is 5. The van der Waals surface area contributed by atoms with E-state index in [2.05, 4.69) is 60.6 Å². The lowest BCUT2D eigenvalue weighted by molar-refractivity contribution is -0.00126. The molecule has 5 heteroatoms. The van der Waals surface area contributed by atoms with Crippen LogP contribution in [0.25, 0.3) is 10.6 Å². The molecule has 0 spiro atoms. The number of hydrogen-bond donors (Lipinski definition) is 0. The van der Waals surface area contributed by atoms with Crippen LogP contribution in [0.15, 0.2) is 57.3 Å². The van der Waals surface area contributed by atoms with E-state index in [0.29, 0.717) is 17.9 Å². The fourth-order valence-electron chi connectivity index (χ4n) is 3.93. The summed E-state index contributed by atoms with van der Waals surface area (Å²) in [5.74, 6) is 1.50. The van der Waals surface area contributed by atoms with Crippen molar-refractivity contribution < 1.29 is 0 Å². The number of hydrogen-bond acceptors (Lipinski definition) is 4. The van der Waals surface area contributed by atoms with Crippen LogP contribution in [0, 0.1) is 17.3 Å². The monoisotopic (exact) mass is 369 g/mol. The standard InChI is InChI=1S/C20H23N3S2/c1-4-9-21-19-23(17(13-25-19)18-6-5-10-24-18)22-12-14-7-8-15-11-16(14)20(15,2)3/h4-7,10,12-13,15-16H,1,8-9,11H2,2-3H3. The molecule has 1 saturated carbocycles. The first kappa shape index (κ1) is 16.7. The fraction of sp³-hybridized carbons (Fsp3) is 0.400. The number of aromatic nitrogens is 1. The van der Waals surface area contributed by atoms with E-state index < -0.39 is 0 Å². The van der Waals surface area contributed by atoms with Crippen LogP contribution in [0.2, 0.25) is 0 Å². The van der Waals surface area contributed by atoms with Crippen LogP contribution in [0.1, 0.15) is 26.7 Å². The molecule has 3 aliphatic carbocycles. The van der Waals surface area contributed by atoms with Crippen LogP contribution in [0.4, 0.5) is 0 Å². The van der Waals surface area contributed by atoms with Gasteiger partial charge in [-0.1, -0.05) is 32.1 Å². The van der Waals surface area contributed by atoms with Gasteiger partial charge in [0.05, 0.1) is 23.3 Å². The van der Waals surface area contributed by atoms with Crippen molar-refractivity contribution in [2.45, 2.75) is 26.7 Å². The van der Waals surface area contributed by atoms with Crippen molar-refractivity contribution in [1.82, 2.24) is 4.68 Å². The summed E-state index contributed by atoms with van der Waals surface area (Å²) >= 11 is 3.37.